The molecular formula is C53H81Br2MoN2O-. The van der Waals surface area contributed by atoms with Gasteiger partial charge in [-0.2, -0.15) is 11.4 Å². The van der Waals surface area contributed by atoms with Gasteiger partial charge in [0.25, 0.3) is 0 Å². The fraction of sp³-hybridized carbons (Fsp3) is 0.679. The van der Waals surface area contributed by atoms with E-state index in [9.17, 15) is 5.11 Å². The molecule has 1 aromatic heterocycles. The molecular weight excluding hydrogens is 936 g/mol. The molecule has 4 bridgehead atoms. The number of fused-ring (bicyclic) bond motifs is 1. The maximum atomic E-state index is 11.1. The molecule has 0 spiro atoms. The molecule has 8 aliphatic carbocycles. The van der Waals surface area contributed by atoms with E-state index in [1.807, 2.05) is 67.5 Å². The van der Waals surface area contributed by atoms with Crippen LogP contribution < -0.4 is 4.98 Å². The van der Waals surface area contributed by atoms with Gasteiger partial charge in [0.05, 0.1) is 4.83 Å². The van der Waals surface area contributed by atoms with E-state index in [1.165, 1.54) is 107 Å². The Bertz CT molecular complexity index is 1710. The van der Waals surface area contributed by atoms with Crippen LogP contribution in [-0.2, 0) is 23.3 Å². The van der Waals surface area contributed by atoms with E-state index in [2.05, 4.69) is 98.4 Å². The topological polar surface area (TPSA) is 46.7 Å². The van der Waals surface area contributed by atoms with E-state index < -0.39 is 0 Å². The van der Waals surface area contributed by atoms with Crippen LogP contribution in [-0.4, -0.2) is 24.7 Å². The number of nitrogens with zero attached hydrogens (tertiary/aromatic N) is 2. The first-order valence-corrected chi connectivity index (χ1v) is 27.8. The second-order valence-corrected chi connectivity index (χ2v) is 22.2. The van der Waals surface area contributed by atoms with Gasteiger partial charge in [-0.1, -0.05) is 130 Å². The van der Waals surface area contributed by atoms with Crippen molar-refractivity contribution in [2.75, 3.05) is 0 Å². The summed E-state index contributed by atoms with van der Waals surface area (Å²) in [5, 5.41) is 11.1. The van der Waals surface area contributed by atoms with Gasteiger partial charge >= 0.3 is 143 Å². The fourth-order valence-corrected chi connectivity index (χ4v) is 15.1. The number of hydrogen-bond donors (Lipinski definition) is 1. The van der Waals surface area contributed by atoms with Crippen molar-refractivity contribution < 1.29 is 23.0 Å². The van der Waals surface area contributed by atoms with E-state index in [-0.39, 0.29) is 28.2 Å². The van der Waals surface area contributed by atoms with Crippen molar-refractivity contribution >= 4 is 36.3 Å². The second-order valence-electron chi connectivity index (χ2n) is 18.5. The van der Waals surface area contributed by atoms with Crippen molar-refractivity contribution in [2.45, 2.75) is 193 Å². The van der Waals surface area contributed by atoms with Crippen molar-refractivity contribution in [2.24, 2.45) is 39.0 Å². The van der Waals surface area contributed by atoms with Crippen molar-refractivity contribution in [1.82, 2.24) is 4.98 Å². The summed E-state index contributed by atoms with van der Waals surface area (Å²) >= 11 is 7.36. The molecule has 1 heterocycles. The smallest absolute Gasteiger partial charge is 0.110 e. The third-order valence-electron chi connectivity index (χ3n) is 13.9. The normalized spacial score (nSPS) is 31.2. The van der Waals surface area contributed by atoms with Crippen molar-refractivity contribution in [3.05, 3.63) is 93.5 Å². The molecule has 5 saturated carbocycles. The first-order valence-electron chi connectivity index (χ1n) is 23.9. The third kappa shape index (κ3) is 13.0. The molecule has 6 heteroatoms. The molecule has 0 saturated heterocycles. The molecule has 1 aromatic carbocycles. The van der Waals surface area contributed by atoms with Gasteiger partial charge in [0.2, 0.25) is 0 Å². The number of hydrogen-bond acceptors (Lipinski definition) is 2. The zero-order valence-electron chi connectivity index (χ0n) is 38.9. The number of alkyl halides is 2. The first kappa shape index (κ1) is 50.5. The predicted molar refractivity (Wildman–Crippen MR) is 260 cm³/mol. The van der Waals surface area contributed by atoms with Crippen LogP contribution in [0.25, 0.3) is 0 Å². The van der Waals surface area contributed by atoms with Crippen molar-refractivity contribution in [3.8, 4) is 0 Å². The molecule has 3 nitrogen and oxygen atoms in total. The number of aliphatic hydroxyl groups excluding tert-OH is 1. The van der Waals surface area contributed by atoms with Crippen molar-refractivity contribution in [1.29, 1.82) is 0 Å². The molecule has 8 aliphatic rings. The molecule has 330 valence electrons. The number of aryl methyl sites for hydroxylation is 2. The van der Waals surface area contributed by atoms with E-state index in [0.29, 0.717) is 33.9 Å². The minimum Gasteiger partial charge on any atom is -0.665 e. The Kier molecular flexibility index (Phi) is 20.6. The summed E-state index contributed by atoms with van der Waals surface area (Å²) < 4.78 is 7.96. The molecule has 1 unspecified atom stereocenters. The van der Waals surface area contributed by atoms with Gasteiger partial charge < -0.3 is 10.1 Å². The number of halogens is 2. The Morgan fingerprint density at radius 2 is 1.36 bits per heavy atom. The first-order chi connectivity index (χ1) is 28.4. The van der Waals surface area contributed by atoms with Gasteiger partial charge in [-0.3, -0.25) is 0 Å². The van der Waals surface area contributed by atoms with Crippen LogP contribution in [0, 0.1) is 49.4 Å². The van der Waals surface area contributed by atoms with Crippen molar-refractivity contribution in [3.63, 3.8) is 0 Å². The number of benzene rings is 1. The number of aromatic nitrogens is 1. The SMILES string of the molecule is CC.CC.CC.CC(C)([CH]=[Mo]=[N]C12CC3CC(CC(C3)C1)C2)c1ccccc1.C[C@@H]1C(C2=C(O)[C@@H](Br)CC3=C2CCCC3)[C@@H]2CCCCC2=C[C@@H]1Br.Cc1ccc(C)[n-]1. The summed E-state index contributed by atoms with van der Waals surface area (Å²) in [4.78, 5) is 4.68. The zero-order valence-corrected chi connectivity index (χ0v) is 44.1. The van der Waals surface area contributed by atoms with Crippen LogP contribution in [0.3, 0.4) is 0 Å². The molecule has 10 rings (SSSR count). The molecule has 5 fully saturated rings. The molecule has 2 aromatic rings. The van der Waals surface area contributed by atoms with Gasteiger partial charge in [-0.05, 0) is 80.3 Å². The summed E-state index contributed by atoms with van der Waals surface area (Å²) in [5.74, 6) is 5.38. The minimum absolute atomic E-state index is 0.128. The van der Waals surface area contributed by atoms with Crippen LogP contribution in [0.4, 0.5) is 0 Å². The summed E-state index contributed by atoms with van der Waals surface area (Å²) in [6.07, 6.45) is 22.6. The average Bonchev–Trinajstić information content (AvgIpc) is 3.63. The maximum absolute atomic E-state index is 11.1. The van der Waals surface area contributed by atoms with Crippen LogP contribution in [0.1, 0.15) is 176 Å². The summed E-state index contributed by atoms with van der Waals surface area (Å²) in [7, 11) is 0. The zero-order chi connectivity index (χ0) is 43.3. The van der Waals surface area contributed by atoms with Gasteiger partial charge in [-0.25, -0.2) is 0 Å². The summed E-state index contributed by atoms with van der Waals surface area (Å²) in [5.41, 5.74) is 10.4. The van der Waals surface area contributed by atoms with E-state index >= 15 is 0 Å². The van der Waals surface area contributed by atoms with Gasteiger partial charge in [0.15, 0.2) is 0 Å². The predicted octanol–water partition coefficient (Wildman–Crippen LogP) is 16.3. The van der Waals surface area contributed by atoms with Crippen LogP contribution >= 0.6 is 31.9 Å². The Labute approximate surface area is 387 Å². The molecule has 0 amide bonds. The fourth-order valence-electron chi connectivity index (χ4n) is 11.6. The summed E-state index contributed by atoms with van der Waals surface area (Å²) in [6, 6.07) is 15.0. The Morgan fingerprint density at radius 1 is 0.797 bits per heavy atom. The number of allylic oxidation sites excluding steroid dienone is 6. The van der Waals surface area contributed by atoms with Gasteiger partial charge in [-0.15, -0.1) is 0 Å². The average molecular weight is 1020 g/mol. The molecule has 1 N–H and O–H groups in total. The van der Waals surface area contributed by atoms with Crippen LogP contribution in [0.5, 0.6) is 0 Å². The Balaban J connectivity index is 0.000000203. The largest absolute Gasteiger partial charge is 0.665 e. The Hall–Kier alpha value is -1.16. The maximum Gasteiger partial charge on any atom is 0.110 e. The molecule has 5 atom stereocenters. The molecule has 0 aliphatic heterocycles. The van der Waals surface area contributed by atoms with E-state index in [1.54, 1.807) is 11.1 Å². The molecule has 59 heavy (non-hydrogen) atoms. The monoisotopic (exact) mass is 1020 g/mol. The van der Waals surface area contributed by atoms with Gasteiger partial charge in [0, 0.05) is 4.83 Å². The van der Waals surface area contributed by atoms with Crippen LogP contribution in [0.2, 0.25) is 0 Å². The second kappa shape index (κ2) is 24.1. The number of aliphatic hydroxyl groups is 1. The number of rotatable bonds is 4. The third-order valence-corrected chi connectivity index (χ3v) is 18.6. The van der Waals surface area contributed by atoms with E-state index in [0.717, 1.165) is 35.6 Å². The Morgan fingerprint density at radius 3 is 1.92 bits per heavy atom. The quantitative estimate of drug-likeness (QED) is 0.188. The van der Waals surface area contributed by atoms with Gasteiger partial charge in [0.1, 0.15) is 5.76 Å². The van der Waals surface area contributed by atoms with Crippen LogP contribution in [0.15, 0.2) is 80.1 Å². The van der Waals surface area contributed by atoms with E-state index in [4.69, 9.17) is 3.50 Å². The molecule has 0 radical (unpaired) electrons. The standard InChI is InChI=1S/C21H28Br2O.C10H15N.C10H12.C6H8N.3C2H6.Mo/c1-12-17(22)10-13-6-2-4-8-15(13)19(12)20-16-9-5-3-7-14(16)11-18(23)21(20)24;11-10-4-7-1-8(5-10)3-9(2-7)6-10;1-10(2,3)9-7-5-4-6-8-9;1-5-3-4-6(2)7-5;3*1-2;/h10,12,15,17-19,24H,2-9,11H2,1H3;7-9H,1-6H2;1,4-8H,2-3H3;3-4H,1-2H3;3*1-2H3;/q;;;-1;;;;/t12-,15+,17-,18-,19?;;;;;;;/m0......./s1. The minimum atomic E-state index is -0.353. The summed E-state index contributed by atoms with van der Waals surface area (Å²) in [6.45, 7) is 23.1.